The highest BCUT2D eigenvalue weighted by atomic mass is 127. The Labute approximate surface area is 303 Å². The van der Waals surface area contributed by atoms with Crippen molar-refractivity contribution in [2.75, 3.05) is 0 Å². The number of benzene rings is 5. The van der Waals surface area contributed by atoms with Gasteiger partial charge in [-0.2, -0.15) is 0 Å². The molecular formula is C28H12Cl4I4O4. The van der Waals surface area contributed by atoms with E-state index in [4.69, 9.17) is 51.1 Å². The van der Waals surface area contributed by atoms with Crippen molar-refractivity contribution in [2.45, 2.75) is 6.61 Å². The highest BCUT2D eigenvalue weighted by Crippen LogP contribution is 2.52. The first-order valence-electron chi connectivity index (χ1n) is 11.2. The second-order valence-corrected chi connectivity index (χ2v) is 14.5. The third-order valence-electron chi connectivity index (χ3n) is 6.22. The van der Waals surface area contributed by atoms with E-state index in [1.165, 1.54) is 0 Å². The Morgan fingerprint density at radius 3 is 1.70 bits per heavy atom. The number of fused-ring (bicyclic) bond motifs is 2. The topological polar surface area (TPSA) is 66.8 Å². The molecule has 0 aliphatic heterocycles. The Morgan fingerprint density at radius 2 is 1.18 bits per heavy atom. The van der Waals surface area contributed by atoms with E-state index < -0.39 is 5.97 Å². The van der Waals surface area contributed by atoms with Crippen LogP contribution in [0.5, 0.6) is 11.5 Å². The molecule has 0 spiro atoms. The monoisotopic (exact) mass is 1060 g/mol. The molecule has 0 aliphatic rings. The molecule has 4 nitrogen and oxygen atoms in total. The smallest absolute Gasteiger partial charge is 0.340 e. The summed E-state index contributed by atoms with van der Waals surface area (Å²) < 4.78 is 8.06. The lowest BCUT2D eigenvalue weighted by molar-refractivity contribution is 0.0474. The number of aromatic hydroxyl groups is 2. The molecule has 0 amide bonds. The normalized spacial score (nSPS) is 11.4. The van der Waals surface area contributed by atoms with Crippen molar-refractivity contribution in [1.29, 1.82) is 0 Å². The third kappa shape index (κ3) is 5.45. The summed E-state index contributed by atoms with van der Waals surface area (Å²) in [5.74, 6) is -0.505. The summed E-state index contributed by atoms with van der Waals surface area (Å²) in [5.41, 5.74) is 1.53. The fourth-order valence-electron chi connectivity index (χ4n) is 4.35. The Balaban J connectivity index is 1.93. The minimum absolute atomic E-state index is 0.00304. The molecule has 0 heterocycles. The van der Waals surface area contributed by atoms with Crippen LogP contribution in [0.3, 0.4) is 0 Å². The molecule has 0 saturated heterocycles. The van der Waals surface area contributed by atoms with Gasteiger partial charge in [-0.05, 0) is 130 Å². The number of esters is 1. The summed E-state index contributed by atoms with van der Waals surface area (Å²) in [6.07, 6.45) is 0. The van der Waals surface area contributed by atoms with Crippen LogP contribution >= 0.6 is 137 Å². The van der Waals surface area contributed by atoms with Crippen LogP contribution in [0.25, 0.3) is 32.7 Å². The van der Waals surface area contributed by atoms with Crippen LogP contribution in [0.4, 0.5) is 0 Å². The SMILES string of the molecule is O=C(OCc1ccccc1)c1c(Cl)c(Cl)c(Cl)c(Cl)c1-c1c2cc(I)c(O)c(I)c2cc2c(I)c(O)c(I)cc12. The highest BCUT2D eigenvalue weighted by Gasteiger charge is 2.30. The van der Waals surface area contributed by atoms with Crippen LogP contribution < -0.4 is 0 Å². The molecule has 0 aliphatic carbocycles. The molecule has 204 valence electrons. The van der Waals surface area contributed by atoms with Crippen molar-refractivity contribution in [3.63, 3.8) is 0 Å². The van der Waals surface area contributed by atoms with Crippen molar-refractivity contribution in [2.24, 2.45) is 0 Å². The van der Waals surface area contributed by atoms with Crippen molar-refractivity contribution >= 4 is 164 Å². The second-order valence-electron chi connectivity index (χ2n) is 8.55. The summed E-state index contributed by atoms with van der Waals surface area (Å²) in [5, 5.41) is 24.1. The highest BCUT2D eigenvalue weighted by molar-refractivity contribution is 14.1. The third-order valence-corrected chi connectivity index (χ3v) is 11.9. The number of hydrogen-bond donors (Lipinski definition) is 2. The van der Waals surface area contributed by atoms with Gasteiger partial charge in [-0.15, -0.1) is 0 Å². The maximum atomic E-state index is 13.7. The second kappa shape index (κ2) is 12.4. The van der Waals surface area contributed by atoms with Crippen LogP contribution in [-0.2, 0) is 11.3 Å². The van der Waals surface area contributed by atoms with Crippen molar-refractivity contribution in [3.05, 3.63) is 94.0 Å². The summed E-state index contributed by atoms with van der Waals surface area (Å²) in [4.78, 5) is 13.7. The molecule has 40 heavy (non-hydrogen) atoms. The predicted molar refractivity (Wildman–Crippen MR) is 197 cm³/mol. The first-order chi connectivity index (χ1) is 18.9. The molecule has 5 aromatic carbocycles. The maximum Gasteiger partial charge on any atom is 0.340 e. The van der Waals surface area contributed by atoms with Gasteiger partial charge >= 0.3 is 5.97 Å². The Morgan fingerprint density at radius 1 is 0.675 bits per heavy atom. The standard InChI is InChI=1S/C28H12Cl4I4O4/c29-20-18(19(21(30)23(32)22(20)31)28(39)40-9-10-4-2-1-3-5-10)17-11-7-15(33)26(37)24(35)13(11)6-14-12(17)8-16(34)27(38)25(14)36/h1-8,37-38H,9H2. The molecule has 12 heteroatoms. The minimum atomic E-state index is -0.735. The van der Waals surface area contributed by atoms with Gasteiger partial charge in [0.05, 0.1) is 39.9 Å². The van der Waals surface area contributed by atoms with Crippen LogP contribution in [0, 0.1) is 14.3 Å². The molecule has 5 rings (SSSR count). The van der Waals surface area contributed by atoms with Gasteiger partial charge in [-0.1, -0.05) is 76.7 Å². The van der Waals surface area contributed by atoms with Crippen molar-refractivity contribution in [1.82, 2.24) is 0 Å². The van der Waals surface area contributed by atoms with E-state index in [1.807, 2.05) is 36.4 Å². The fourth-order valence-corrected chi connectivity index (χ4v) is 9.05. The van der Waals surface area contributed by atoms with E-state index in [1.54, 1.807) is 12.1 Å². The van der Waals surface area contributed by atoms with Crippen LogP contribution in [0.2, 0.25) is 20.1 Å². The Kier molecular flexibility index (Phi) is 9.68. The van der Waals surface area contributed by atoms with Gasteiger partial charge in [0.25, 0.3) is 0 Å². The molecule has 0 radical (unpaired) electrons. The zero-order valence-electron chi connectivity index (χ0n) is 19.6. The van der Waals surface area contributed by atoms with Gasteiger partial charge in [-0.25, -0.2) is 4.79 Å². The van der Waals surface area contributed by atoms with E-state index in [-0.39, 0.29) is 49.3 Å². The molecule has 0 fully saturated rings. The van der Waals surface area contributed by atoms with E-state index in [0.29, 0.717) is 41.4 Å². The number of hydrogen-bond acceptors (Lipinski definition) is 4. The first-order valence-corrected chi connectivity index (χ1v) is 17.0. The molecule has 0 bridgehead atoms. The number of rotatable bonds is 4. The van der Waals surface area contributed by atoms with Crippen LogP contribution in [-0.4, -0.2) is 16.2 Å². The quantitative estimate of drug-likeness (QED) is 0.0619. The van der Waals surface area contributed by atoms with Gasteiger partial charge in [0.15, 0.2) is 0 Å². The van der Waals surface area contributed by atoms with E-state index >= 15 is 0 Å². The molecule has 5 aromatic rings. The van der Waals surface area contributed by atoms with Gasteiger partial charge in [0.2, 0.25) is 0 Å². The minimum Gasteiger partial charge on any atom is -0.506 e. The van der Waals surface area contributed by atoms with Gasteiger partial charge in [0, 0.05) is 16.3 Å². The number of halogens is 8. The van der Waals surface area contributed by atoms with Gasteiger partial charge in [0.1, 0.15) is 18.1 Å². The van der Waals surface area contributed by atoms with Crippen LogP contribution in [0.15, 0.2) is 48.5 Å². The van der Waals surface area contributed by atoms with Gasteiger partial charge < -0.3 is 14.9 Å². The number of carbonyl (C=O) groups excluding carboxylic acids is 1. The average molecular weight is 1060 g/mol. The van der Waals surface area contributed by atoms with E-state index in [2.05, 4.69) is 90.4 Å². The molecule has 0 aromatic heterocycles. The predicted octanol–water partition coefficient (Wildman–Crippen LogP) is 11.5. The summed E-state index contributed by atoms with van der Waals surface area (Å²) in [6, 6.07) is 14.7. The molecule has 0 atom stereocenters. The Hall–Kier alpha value is -0.230. The molecular weight excluding hydrogens is 1050 g/mol. The van der Waals surface area contributed by atoms with E-state index in [0.717, 1.165) is 5.56 Å². The van der Waals surface area contributed by atoms with E-state index in [9.17, 15) is 15.0 Å². The average Bonchev–Trinajstić information content (AvgIpc) is 2.94. The summed E-state index contributed by atoms with van der Waals surface area (Å²) in [7, 11) is 0. The zero-order chi connectivity index (χ0) is 29.0. The first kappa shape index (κ1) is 31.2. The van der Waals surface area contributed by atoms with Gasteiger partial charge in [-0.3, -0.25) is 0 Å². The molecule has 0 unspecified atom stereocenters. The van der Waals surface area contributed by atoms with Crippen molar-refractivity contribution < 1.29 is 19.7 Å². The Bertz CT molecular complexity index is 1810. The lowest BCUT2D eigenvalue weighted by Crippen LogP contribution is -2.10. The largest absolute Gasteiger partial charge is 0.506 e. The van der Waals surface area contributed by atoms with Crippen LogP contribution in [0.1, 0.15) is 15.9 Å². The number of phenols is 2. The maximum absolute atomic E-state index is 13.7. The summed E-state index contributed by atoms with van der Waals surface area (Å²) >= 11 is 34.9. The molecule has 0 saturated carbocycles. The lowest BCUT2D eigenvalue weighted by atomic mass is 9.89. The number of ether oxygens (including phenoxy) is 1. The number of carbonyl (C=O) groups is 1. The summed E-state index contributed by atoms with van der Waals surface area (Å²) in [6.45, 7) is -0.00304. The van der Waals surface area contributed by atoms with Crippen molar-refractivity contribution in [3.8, 4) is 22.6 Å². The zero-order valence-corrected chi connectivity index (χ0v) is 31.2. The molecule has 2 N–H and O–H groups in total. The number of phenolic OH excluding ortho intramolecular Hbond substituents is 2. The fraction of sp³-hybridized carbons (Fsp3) is 0.0357. The lowest BCUT2D eigenvalue weighted by Gasteiger charge is -2.21.